The van der Waals surface area contributed by atoms with Crippen molar-refractivity contribution < 1.29 is 38.9 Å². The summed E-state index contributed by atoms with van der Waals surface area (Å²) >= 11 is 2.50. The first kappa shape index (κ1) is 38.4. The van der Waals surface area contributed by atoms with Crippen LogP contribution in [0, 0.1) is 11.8 Å². The molecule has 0 aliphatic rings. The van der Waals surface area contributed by atoms with Crippen LogP contribution in [0.3, 0.4) is 0 Å². The average Bonchev–Trinajstić information content (AvgIpc) is 3.56. The molecule has 0 radical (unpaired) electrons. The van der Waals surface area contributed by atoms with E-state index in [1.54, 1.807) is 27.7 Å². The summed E-state index contributed by atoms with van der Waals surface area (Å²) in [5, 5.41) is 23.5. The molecule has 45 heavy (non-hydrogen) atoms. The summed E-state index contributed by atoms with van der Waals surface area (Å²) in [7, 11) is 0. The summed E-state index contributed by atoms with van der Waals surface area (Å²) in [5.74, 6) is -5.03. The number of thioether (sulfide) groups is 2. The Labute approximate surface area is 298 Å². The van der Waals surface area contributed by atoms with Crippen molar-refractivity contribution >= 4 is 107 Å². The smallest absolute Gasteiger partial charge is 0.550 e. The standard InChI is InChI=1S/2C15H18N2O4S.Ca/c2*1-9(2)21-13(18)7-10(14(19)20)8-22-15-16-11-5-3-4-6-12(11)17-15;/h2*3-6,9-10H,7-8H2,1-2H3,(H,16,17)(H,19,20);/q;;+2/p-2. The predicted octanol–water partition coefficient (Wildman–Crippen LogP) is 2.34. The van der Waals surface area contributed by atoms with E-state index in [2.05, 4.69) is 19.9 Å². The van der Waals surface area contributed by atoms with Crippen molar-refractivity contribution in [2.75, 3.05) is 11.5 Å². The third-order valence-electron chi connectivity index (χ3n) is 5.80. The summed E-state index contributed by atoms with van der Waals surface area (Å²) in [4.78, 5) is 60.3. The monoisotopic (exact) mass is 682 g/mol. The molecule has 0 saturated heterocycles. The van der Waals surface area contributed by atoms with Crippen LogP contribution < -0.4 is 10.2 Å². The number of aromatic amines is 2. The molecular weight excluding hydrogens is 649 g/mol. The van der Waals surface area contributed by atoms with E-state index >= 15 is 0 Å². The first-order valence-electron chi connectivity index (χ1n) is 13.9. The Morgan fingerprint density at radius 1 is 0.689 bits per heavy atom. The molecule has 4 aromatic rings. The Hall–Kier alpha value is -2.78. The van der Waals surface area contributed by atoms with E-state index in [-0.39, 0.29) is 74.3 Å². The molecule has 2 atom stereocenters. The first-order valence-corrected chi connectivity index (χ1v) is 15.8. The molecular formula is C30H34CaN4O8S2. The van der Waals surface area contributed by atoms with Gasteiger partial charge in [0.05, 0.1) is 47.1 Å². The molecule has 0 amide bonds. The molecule has 236 valence electrons. The van der Waals surface area contributed by atoms with Crippen LogP contribution in [0.25, 0.3) is 22.1 Å². The normalized spacial score (nSPS) is 12.2. The van der Waals surface area contributed by atoms with Crippen molar-refractivity contribution in [2.45, 2.75) is 63.1 Å². The molecule has 0 bridgehead atoms. The number of rotatable bonds is 14. The number of esters is 2. The number of carbonyl (C=O) groups excluding carboxylic acids is 4. The van der Waals surface area contributed by atoms with E-state index in [4.69, 9.17) is 9.47 Å². The summed E-state index contributed by atoms with van der Waals surface area (Å²) in [6.45, 7) is 6.87. The molecule has 2 aromatic heterocycles. The second-order valence-corrected chi connectivity index (χ2v) is 12.3. The third-order valence-corrected chi connectivity index (χ3v) is 7.88. The quantitative estimate of drug-likeness (QED) is 0.112. The largest absolute Gasteiger partial charge is 2.00 e. The van der Waals surface area contributed by atoms with Gasteiger partial charge in [-0.2, -0.15) is 0 Å². The van der Waals surface area contributed by atoms with Gasteiger partial charge in [-0.05, 0) is 52.0 Å². The second kappa shape index (κ2) is 19.0. The van der Waals surface area contributed by atoms with Crippen molar-refractivity contribution in [3.8, 4) is 0 Å². The minimum absolute atomic E-state index is 0. The minimum atomic E-state index is -1.26. The first-order chi connectivity index (χ1) is 20.9. The van der Waals surface area contributed by atoms with Crippen LogP contribution in [-0.2, 0) is 28.7 Å². The van der Waals surface area contributed by atoms with Crippen molar-refractivity contribution in [1.29, 1.82) is 0 Å². The molecule has 0 aliphatic carbocycles. The van der Waals surface area contributed by atoms with Gasteiger partial charge in [-0.25, -0.2) is 9.97 Å². The van der Waals surface area contributed by atoms with Crippen molar-refractivity contribution in [3.05, 3.63) is 48.5 Å². The number of H-pyrrole nitrogens is 2. The summed E-state index contributed by atoms with van der Waals surface area (Å²) in [6, 6.07) is 15.1. The molecule has 4 rings (SSSR count). The number of benzene rings is 2. The zero-order valence-electron chi connectivity index (χ0n) is 25.4. The van der Waals surface area contributed by atoms with Gasteiger partial charge in [0.1, 0.15) is 0 Å². The van der Waals surface area contributed by atoms with Gasteiger partial charge >= 0.3 is 49.7 Å². The van der Waals surface area contributed by atoms with Gasteiger partial charge in [-0.15, -0.1) is 0 Å². The van der Waals surface area contributed by atoms with E-state index in [9.17, 15) is 29.4 Å². The number of para-hydroxylation sites is 4. The molecule has 2 N–H and O–H groups in total. The number of hydrogen-bond donors (Lipinski definition) is 2. The van der Waals surface area contributed by atoms with Gasteiger partial charge in [-0.3, -0.25) is 9.59 Å². The number of carboxylic acid groups (broad SMARTS) is 2. The Morgan fingerprint density at radius 2 is 1.04 bits per heavy atom. The Kier molecular flexibility index (Phi) is 16.2. The van der Waals surface area contributed by atoms with Crippen molar-refractivity contribution in [2.24, 2.45) is 11.8 Å². The Morgan fingerprint density at radius 3 is 1.36 bits per heavy atom. The van der Waals surface area contributed by atoms with Crippen molar-refractivity contribution in [1.82, 2.24) is 19.9 Å². The zero-order chi connectivity index (χ0) is 32.2. The Balaban J connectivity index is 0.000000307. The molecule has 15 heteroatoms. The number of imidazole rings is 2. The molecule has 0 aliphatic heterocycles. The van der Waals surface area contributed by atoms with Crippen LogP contribution in [0.1, 0.15) is 40.5 Å². The number of ether oxygens (including phenoxy) is 2. The van der Waals surface area contributed by atoms with Crippen LogP contribution in [0.15, 0.2) is 58.8 Å². The number of fused-ring (bicyclic) bond motifs is 2. The van der Waals surface area contributed by atoms with Gasteiger partial charge in [0.25, 0.3) is 0 Å². The number of nitrogens with one attached hydrogen (secondary N) is 2. The third kappa shape index (κ3) is 13.2. The van der Waals surface area contributed by atoms with Gasteiger partial charge in [0.15, 0.2) is 10.3 Å². The molecule has 12 nitrogen and oxygen atoms in total. The molecule has 2 aromatic carbocycles. The topological polar surface area (TPSA) is 190 Å². The van der Waals surface area contributed by atoms with Crippen molar-refractivity contribution in [3.63, 3.8) is 0 Å². The maximum atomic E-state index is 11.6. The number of nitrogens with zero attached hydrogens (tertiary/aromatic N) is 2. The van der Waals surface area contributed by atoms with E-state index < -0.39 is 35.7 Å². The van der Waals surface area contributed by atoms with Gasteiger partial charge in [0.2, 0.25) is 0 Å². The van der Waals surface area contributed by atoms with E-state index in [1.165, 1.54) is 23.5 Å². The zero-order valence-corrected chi connectivity index (χ0v) is 29.3. The van der Waals surface area contributed by atoms with E-state index in [0.29, 0.717) is 10.3 Å². The molecule has 0 spiro atoms. The summed E-state index contributed by atoms with van der Waals surface area (Å²) in [5.41, 5.74) is 3.40. The number of hydrogen-bond acceptors (Lipinski definition) is 12. The van der Waals surface area contributed by atoms with E-state index in [1.807, 2.05) is 48.5 Å². The van der Waals surface area contributed by atoms with Crippen LogP contribution in [0.5, 0.6) is 0 Å². The van der Waals surface area contributed by atoms with Gasteiger partial charge < -0.3 is 39.2 Å². The van der Waals surface area contributed by atoms with Gasteiger partial charge in [0, 0.05) is 35.3 Å². The SMILES string of the molecule is CC(C)OC(=O)CC(CSc1nc2ccccc2[nH]1)C(=O)[O-].CC(C)OC(=O)CC(CSc1nc2ccccc2[nH]1)C(=O)[O-].[Ca+2]. The fourth-order valence-electron chi connectivity index (χ4n) is 3.80. The van der Waals surface area contributed by atoms with Gasteiger partial charge in [-0.1, -0.05) is 47.8 Å². The average molecular weight is 683 g/mol. The number of aliphatic carboxylic acids is 2. The number of carbonyl (C=O) groups is 4. The second-order valence-electron chi connectivity index (χ2n) is 10.3. The molecule has 0 fully saturated rings. The van der Waals surface area contributed by atoms with Crippen LogP contribution in [-0.4, -0.2) is 105 Å². The van der Waals surface area contributed by atoms with Crippen LogP contribution in [0.4, 0.5) is 0 Å². The number of carboxylic acids is 2. The fourth-order valence-corrected chi connectivity index (χ4v) is 5.72. The Bertz CT molecular complexity index is 1390. The summed E-state index contributed by atoms with van der Waals surface area (Å²) < 4.78 is 9.94. The molecule has 2 unspecified atom stereocenters. The van der Waals surface area contributed by atoms with E-state index in [0.717, 1.165) is 22.1 Å². The van der Waals surface area contributed by atoms with Crippen LogP contribution in [0.2, 0.25) is 0 Å². The minimum Gasteiger partial charge on any atom is -0.550 e. The maximum absolute atomic E-state index is 11.6. The maximum Gasteiger partial charge on any atom is 2.00 e. The van der Waals surface area contributed by atoms with Crippen LogP contribution >= 0.6 is 23.5 Å². The predicted molar refractivity (Wildman–Crippen MR) is 168 cm³/mol. The molecule has 2 heterocycles. The number of aromatic nitrogens is 4. The summed E-state index contributed by atoms with van der Waals surface area (Å²) in [6.07, 6.45) is -0.933. The molecule has 0 saturated carbocycles. The fraction of sp³-hybridized carbons (Fsp3) is 0.400.